The second kappa shape index (κ2) is 8.86. The van der Waals surface area contributed by atoms with Gasteiger partial charge >= 0.3 is 6.18 Å². The molecule has 3 aromatic carbocycles. The second-order valence-electron chi connectivity index (χ2n) is 7.57. The van der Waals surface area contributed by atoms with Crippen molar-refractivity contribution in [2.45, 2.75) is 12.7 Å². The number of anilines is 1. The number of aromatic amines is 1. The zero-order valence-electron chi connectivity index (χ0n) is 17.6. The van der Waals surface area contributed by atoms with Gasteiger partial charge in [0.15, 0.2) is 0 Å². The van der Waals surface area contributed by atoms with E-state index in [1.165, 1.54) is 12.1 Å². The van der Waals surface area contributed by atoms with Gasteiger partial charge in [-0.15, -0.1) is 0 Å². The molecule has 1 heterocycles. The van der Waals surface area contributed by atoms with Gasteiger partial charge in [0.2, 0.25) is 5.91 Å². The van der Waals surface area contributed by atoms with Crippen molar-refractivity contribution in [2.75, 3.05) is 4.90 Å². The van der Waals surface area contributed by atoms with Crippen LogP contribution >= 0.6 is 0 Å². The highest BCUT2D eigenvalue weighted by atomic mass is 19.4. The number of nitrogens with two attached hydrogens (primary N) is 1. The highest BCUT2D eigenvalue weighted by molar-refractivity contribution is 6.07. The summed E-state index contributed by atoms with van der Waals surface area (Å²) in [6, 6.07) is 18.1. The average molecular weight is 465 g/mol. The van der Waals surface area contributed by atoms with Crippen LogP contribution in [0, 0.1) is 0 Å². The molecule has 172 valence electrons. The molecule has 3 N–H and O–H groups in total. The Balaban J connectivity index is 1.87. The lowest BCUT2D eigenvalue weighted by Gasteiger charge is -2.24. The lowest BCUT2D eigenvalue weighted by molar-refractivity contribution is -0.137. The van der Waals surface area contributed by atoms with E-state index in [1.54, 1.807) is 12.1 Å². The lowest BCUT2D eigenvalue weighted by Crippen LogP contribution is -2.35. The number of pyridine rings is 1. The SMILES string of the molecule is NC(=O)c1c[nH]c(=O)c(C(=O)N(Cc2cccc3ccccc23)c2cccc(C(F)(F)F)c2)c1. The molecule has 0 saturated carbocycles. The van der Waals surface area contributed by atoms with Gasteiger partial charge in [-0.2, -0.15) is 13.2 Å². The predicted molar refractivity (Wildman–Crippen MR) is 121 cm³/mol. The summed E-state index contributed by atoms with van der Waals surface area (Å²) in [4.78, 5) is 40.9. The van der Waals surface area contributed by atoms with Crippen LogP contribution in [0.2, 0.25) is 0 Å². The first kappa shape index (κ1) is 22.8. The van der Waals surface area contributed by atoms with Gasteiger partial charge in [-0.05, 0) is 40.6 Å². The number of alkyl halides is 3. The number of rotatable bonds is 5. The van der Waals surface area contributed by atoms with E-state index in [0.29, 0.717) is 5.56 Å². The van der Waals surface area contributed by atoms with Gasteiger partial charge in [0.25, 0.3) is 11.5 Å². The third kappa shape index (κ3) is 4.54. The summed E-state index contributed by atoms with van der Waals surface area (Å²) in [5.74, 6) is -1.75. The number of amides is 2. The molecule has 0 bridgehead atoms. The molecule has 4 rings (SSSR count). The maximum Gasteiger partial charge on any atom is 0.416 e. The molecule has 9 heteroatoms. The fourth-order valence-corrected chi connectivity index (χ4v) is 3.66. The van der Waals surface area contributed by atoms with E-state index < -0.39 is 34.7 Å². The van der Waals surface area contributed by atoms with Crippen LogP contribution in [0.15, 0.2) is 83.8 Å². The minimum absolute atomic E-state index is 0.0587. The fraction of sp³-hybridized carbons (Fsp3) is 0.0800. The van der Waals surface area contributed by atoms with E-state index in [9.17, 15) is 27.6 Å². The summed E-state index contributed by atoms with van der Waals surface area (Å²) < 4.78 is 40.2. The molecule has 0 spiro atoms. The Labute approximate surface area is 191 Å². The number of hydrogen-bond acceptors (Lipinski definition) is 3. The van der Waals surface area contributed by atoms with Crippen molar-refractivity contribution in [1.29, 1.82) is 0 Å². The van der Waals surface area contributed by atoms with Crippen LogP contribution in [0.5, 0.6) is 0 Å². The molecule has 0 atom stereocenters. The van der Waals surface area contributed by atoms with Crippen LogP contribution in [-0.2, 0) is 12.7 Å². The number of H-pyrrole nitrogens is 1. The number of nitrogens with one attached hydrogen (secondary N) is 1. The number of benzene rings is 3. The first-order valence-electron chi connectivity index (χ1n) is 10.1. The third-order valence-electron chi connectivity index (χ3n) is 5.36. The van der Waals surface area contributed by atoms with Gasteiger partial charge in [-0.3, -0.25) is 14.4 Å². The van der Waals surface area contributed by atoms with Gasteiger partial charge < -0.3 is 15.6 Å². The number of carbonyl (C=O) groups is 2. The molecule has 0 fully saturated rings. The van der Waals surface area contributed by atoms with E-state index in [0.717, 1.165) is 40.1 Å². The Kier molecular flexibility index (Phi) is 5.93. The van der Waals surface area contributed by atoms with Crippen LogP contribution in [0.25, 0.3) is 10.8 Å². The Bertz CT molecular complexity index is 1460. The summed E-state index contributed by atoms with van der Waals surface area (Å²) in [6.45, 7) is -0.123. The molecule has 0 aliphatic rings. The Morgan fingerprint density at radius 1 is 0.941 bits per heavy atom. The second-order valence-corrected chi connectivity index (χ2v) is 7.57. The summed E-state index contributed by atoms with van der Waals surface area (Å²) in [5, 5.41) is 1.68. The number of nitrogens with zero attached hydrogens (tertiary/aromatic N) is 1. The molecule has 4 aromatic rings. The summed E-state index contributed by atoms with van der Waals surface area (Å²) in [6.07, 6.45) is -3.56. The molecular formula is C25H18F3N3O3. The Hall–Kier alpha value is -4.40. The molecule has 0 radical (unpaired) electrons. The first-order valence-corrected chi connectivity index (χ1v) is 10.1. The van der Waals surface area contributed by atoms with Crippen LogP contribution in [0.3, 0.4) is 0 Å². The number of aromatic nitrogens is 1. The van der Waals surface area contributed by atoms with Crippen LogP contribution in [-0.4, -0.2) is 16.8 Å². The number of halogens is 3. The Morgan fingerprint density at radius 2 is 1.65 bits per heavy atom. The van der Waals surface area contributed by atoms with E-state index in [4.69, 9.17) is 5.73 Å². The maximum absolute atomic E-state index is 13.5. The molecule has 0 aliphatic heterocycles. The van der Waals surface area contributed by atoms with Crippen LogP contribution in [0.4, 0.5) is 18.9 Å². The number of carbonyl (C=O) groups excluding carboxylic acids is 2. The van der Waals surface area contributed by atoms with E-state index in [2.05, 4.69) is 4.98 Å². The van der Waals surface area contributed by atoms with Crippen molar-refractivity contribution >= 4 is 28.3 Å². The van der Waals surface area contributed by atoms with E-state index in [1.807, 2.05) is 30.3 Å². The smallest absolute Gasteiger partial charge is 0.366 e. The molecule has 1 aromatic heterocycles. The van der Waals surface area contributed by atoms with Crippen molar-refractivity contribution in [1.82, 2.24) is 4.98 Å². The van der Waals surface area contributed by atoms with Gasteiger partial charge in [0.05, 0.1) is 17.7 Å². The van der Waals surface area contributed by atoms with Gasteiger partial charge in [-0.25, -0.2) is 0 Å². The molecule has 2 amide bonds. The highest BCUT2D eigenvalue weighted by Crippen LogP contribution is 2.33. The van der Waals surface area contributed by atoms with Crippen molar-refractivity contribution in [3.63, 3.8) is 0 Å². The minimum Gasteiger partial charge on any atom is -0.366 e. The average Bonchev–Trinajstić information content (AvgIpc) is 2.82. The number of primary amides is 1. The normalized spacial score (nSPS) is 11.4. The number of hydrogen-bond donors (Lipinski definition) is 2. The van der Waals surface area contributed by atoms with Crippen LogP contribution < -0.4 is 16.2 Å². The molecule has 0 unspecified atom stereocenters. The highest BCUT2D eigenvalue weighted by Gasteiger charge is 2.32. The van der Waals surface area contributed by atoms with Gasteiger partial charge in [-0.1, -0.05) is 48.5 Å². The molecule has 0 aliphatic carbocycles. The van der Waals surface area contributed by atoms with Gasteiger partial charge in [0.1, 0.15) is 5.56 Å². The summed E-state index contributed by atoms with van der Waals surface area (Å²) in [5.41, 5.74) is 3.58. The van der Waals surface area contributed by atoms with Crippen molar-refractivity contribution in [2.24, 2.45) is 5.73 Å². The van der Waals surface area contributed by atoms with Crippen molar-refractivity contribution in [3.8, 4) is 0 Å². The van der Waals surface area contributed by atoms with Crippen LogP contribution in [0.1, 0.15) is 31.8 Å². The minimum atomic E-state index is -4.63. The zero-order valence-corrected chi connectivity index (χ0v) is 17.6. The fourth-order valence-electron chi connectivity index (χ4n) is 3.66. The number of fused-ring (bicyclic) bond motifs is 1. The predicted octanol–water partition coefficient (Wildman–Crippen LogP) is 4.49. The van der Waals surface area contributed by atoms with Gasteiger partial charge in [0, 0.05) is 11.9 Å². The largest absolute Gasteiger partial charge is 0.416 e. The summed E-state index contributed by atoms with van der Waals surface area (Å²) in [7, 11) is 0. The standard InChI is InChI=1S/C25H18F3N3O3/c26-25(27,28)18-8-4-9-19(12-18)31(14-16-7-3-6-15-5-1-2-10-20(15)16)24(34)21-11-17(22(29)32)13-30-23(21)33/h1-13H,14H2,(H2,29,32)(H,30,33). The molecule has 6 nitrogen and oxygen atoms in total. The first-order chi connectivity index (χ1) is 16.1. The Morgan fingerprint density at radius 3 is 2.38 bits per heavy atom. The molecule has 34 heavy (non-hydrogen) atoms. The van der Waals surface area contributed by atoms with E-state index in [-0.39, 0.29) is 17.8 Å². The van der Waals surface area contributed by atoms with E-state index >= 15 is 0 Å². The topological polar surface area (TPSA) is 96.3 Å². The third-order valence-corrected chi connectivity index (χ3v) is 5.36. The van der Waals surface area contributed by atoms with Crippen molar-refractivity contribution in [3.05, 3.63) is 112 Å². The molecule has 0 saturated heterocycles. The zero-order chi connectivity index (χ0) is 24.5. The maximum atomic E-state index is 13.5. The summed E-state index contributed by atoms with van der Waals surface area (Å²) >= 11 is 0. The quantitative estimate of drug-likeness (QED) is 0.455. The lowest BCUT2D eigenvalue weighted by atomic mass is 10.0. The molecular weight excluding hydrogens is 447 g/mol. The monoisotopic (exact) mass is 465 g/mol. The van der Waals surface area contributed by atoms with Crippen molar-refractivity contribution < 1.29 is 22.8 Å².